The van der Waals surface area contributed by atoms with Gasteiger partial charge in [0.25, 0.3) is 5.91 Å². The molecule has 2 rings (SSSR count). The molecule has 2 aromatic rings. The van der Waals surface area contributed by atoms with Gasteiger partial charge in [-0.2, -0.15) is 0 Å². The Morgan fingerprint density at radius 2 is 1.92 bits per heavy atom. The van der Waals surface area contributed by atoms with Crippen molar-refractivity contribution in [2.45, 2.75) is 0 Å². The number of carboxylic acids is 1. The predicted molar refractivity (Wildman–Crippen MR) is 93.0 cm³/mol. The molecule has 0 saturated heterocycles. The first-order valence-electron chi connectivity index (χ1n) is 6.67. The van der Waals surface area contributed by atoms with Crippen LogP contribution in [0, 0.1) is 5.41 Å². The lowest BCUT2D eigenvalue weighted by Crippen LogP contribution is -2.31. The number of benzene rings is 2. The molecule has 0 atom stereocenters. The standard InChI is InChI=1S/C16H12BrClN2O4/c17-9-5-6-13(24-8-14(21)22)11(7-9)16(23)20-15(19)10-3-1-2-4-12(10)18/h1-7H,8H2,(H,21,22)(H2,19,20,23). The zero-order chi connectivity index (χ0) is 17.7. The molecule has 8 heteroatoms. The van der Waals surface area contributed by atoms with E-state index in [1.54, 1.807) is 30.3 Å². The van der Waals surface area contributed by atoms with Gasteiger partial charge in [-0.15, -0.1) is 0 Å². The van der Waals surface area contributed by atoms with Crippen molar-refractivity contribution in [1.82, 2.24) is 5.32 Å². The van der Waals surface area contributed by atoms with E-state index < -0.39 is 18.5 Å². The lowest BCUT2D eigenvalue weighted by Gasteiger charge is -2.12. The number of amidine groups is 1. The quantitative estimate of drug-likeness (QED) is 0.519. The van der Waals surface area contributed by atoms with E-state index in [4.69, 9.17) is 26.9 Å². The van der Waals surface area contributed by atoms with E-state index in [-0.39, 0.29) is 17.1 Å². The molecule has 6 nitrogen and oxygen atoms in total. The lowest BCUT2D eigenvalue weighted by atomic mass is 10.1. The Kier molecular flexibility index (Phi) is 5.94. The van der Waals surface area contributed by atoms with Crippen LogP contribution in [0.2, 0.25) is 5.02 Å². The van der Waals surface area contributed by atoms with E-state index in [1.807, 2.05) is 0 Å². The first-order chi connectivity index (χ1) is 11.4. The summed E-state index contributed by atoms with van der Waals surface area (Å²) in [5.41, 5.74) is 0.470. The molecule has 0 fully saturated rings. The predicted octanol–water partition coefficient (Wildman–Crippen LogP) is 3.32. The zero-order valence-electron chi connectivity index (χ0n) is 12.2. The number of carbonyl (C=O) groups is 2. The van der Waals surface area contributed by atoms with Crippen molar-refractivity contribution >= 4 is 45.2 Å². The maximum atomic E-state index is 12.4. The van der Waals surface area contributed by atoms with Crippen LogP contribution in [0.1, 0.15) is 15.9 Å². The molecule has 3 N–H and O–H groups in total. The normalized spacial score (nSPS) is 10.1. The van der Waals surface area contributed by atoms with Crippen molar-refractivity contribution < 1.29 is 19.4 Å². The molecule has 0 unspecified atom stereocenters. The summed E-state index contributed by atoms with van der Waals surface area (Å²) in [7, 11) is 0. The average molecular weight is 412 g/mol. The number of nitrogens with one attached hydrogen (secondary N) is 2. The maximum absolute atomic E-state index is 12.4. The topological polar surface area (TPSA) is 99.5 Å². The number of halogens is 2. The van der Waals surface area contributed by atoms with Crippen LogP contribution < -0.4 is 10.1 Å². The number of hydrogen-bond acceptors (Lipinski definition) is 4. The van der Waals surface area contributed by atoms with Gasteiger partial charge in [0.2, 0.25) is 0 Å². The summed E-state index contributed by atoms with van der Waals surface area (Å²) in [6.45, 7) is -0.579. The Bertz CT molecular complexity index is 810. The number of aliphatic carboxylic acids is 1. The Labute approximate surface area is 151 Å². The molecule has 0 saturated carbocycles. The van der Waals surface area contributed by atoms with Crippen LogP contribution in [-0.4, -0.2) is 29.4 Å². The van der Waals surface area contributed by atoms with Crippen molar-refractivity contribution in [3.8, 4) is 5.75 Å². The molecular formula is C16H12BrClN2O4. The van der Waals surface area contributed by atoms with E-state index in [0.717, 1.165) is 0 Å². The van der Waals surface area contributed by atoms with E-state index >= 15 is 0 Å². The maximum Gasteiger partial charge on any atom is 0.341 e. The molecule has 0 aromatic heterocycles. The van der Waals surface area contributed by atoms with Crippen LogP contribution in [0.15, 0.2) is 46.9 Å². The van der Waals surface area contributed by atoms with Crippen LogP contribution in [-0.2, 0) is 4.79 Å². The van der Waals surface area contributed by atoms with Gasteiger partial charge >= 0.3 is 5.97 Å². The highest BCUT2D eigenvalue weighted by molar-refractivity contribution is 9.10. The van der Waals surface area contributed by atoms with E-state index in [0.29, 0.717) is 15.1 Å². The minimum atomic E-state index is -1.16. The summed E-state index contributed by atoms with van der Waals surface area (Å²) in [6.07, 6.45) is 0. The fraction of sp³-hybridized carbons (Fsp3) is 0.0625. The highest BCUT2D eigenvalue weighted by Crippen LogP contribution is 2.23. The molecule has 0 aliphatic rings. The first kappa shape index (κ1) is 18.0. The Hall–Kier alpha value is -2.38. The van der Waals surface area contributed by atoms with Gasteiger partial charge in [-0.25, -0.2) is 4.79 Å². The second kappa shape index (κ2) is 7.94. The molecule has 0 aliphatic heterocycles. The monoisotopic (exact) mass is 410 g/mol. The third-order valence-corrected chi connectivity index (χ3v) is 3.74. The number of rotatable bonds is 5. The molecule has 0 radical (unpaired) electrons. The van der Waals surface area contributed by atoms with Crippen LogP contribution in [0.25, 0.3) is 0 Å². The van der Waals surface area contributed by atoms with Crippen molar-refractivity contribution in [2.75, 3.05) is 6.61 Å². The number of carbonyl (C=O) groups excluding carboxylic acids is 1. The van der Waals surface area contributed by atoms with Gasteiger partial charge in [0.15, 0.2) is 6.61 Å². The van der Waals surface area contributed by atoms with E-state index in [2.05, 4.69) is 21.2 Å². The van der Waals surface area contributed by atoms with Gasteiger partial charge in [-0.3, -0.25) is 10.2 Å². The molecule has 2 aromatic carbocycles. The Morgan fingerprint density at radius 1 is 1.21 bits per heavy atom. The van der Waals surface area contributed by atoms with Gasteiger partial charge in [0.1, 0.15) is 11.6 Å². The highest BCUT2D eigenvalue weighted by Gasteiger charge is 2.17. The van der Waals surface area contributed by atoms with Gasteiger partial charge in [0.05, 0.1) is 10.6 Å². The number of amides is 1. The molecular weight excluding hydrogens is 400 g/mol. The third-order valence-electron chi connectivity index (χ3n) is 2.92. The zero-order valence-corrected chi connectivity index (χ0v) is 14.5. The van der Waals surface area contributed by atoms with Crippen LogP contribution >= 0.6 is 27.5 Å². The number of hydrogen-bond donors (Lipinski definition) is 3. The van der Waals surface area contributed by atoms with Gasteiger partial charge < -0.3 is 15.2 Å². The third kappa shape index (κ3) is 4.56. The van der Waals surface area contributed by atoms with Crippen LogP contribution in [0.5, 0.6) is 5.75 Å². The Morgan fingerprint density at radius 3 is 2.58 bits per heavy atom. The molecule has 0 aliphatic carbocycles. The second-order valence-corrected chi connectivity index (χ2v) is 5.95. The molecule has 24 heavy (non-hydrogen) atoms. The van der Waals surface area contributed by atoms with Gasteiger partial charge in [-0.1, -0.05) is 39.7 Å². The second-order valence-electron chi connectivity index (χ2n) is 4.63. The average Bonchev–Trinajstić information content (AvgIpc) is 2.53. The van der Waals surface area contributed by atoms with Crippen molar-refractivity contribution in [2.24, 2.45) is 0 Å². The fourth-order valence-electron chi connectivity index (χ4n) is 1.86. The molecule has 0 heterocycles. The van der Waals surface area contributed by atoms with Gasteiger partial charge in [0, 0.05) is 10.0 Å². The summed E-state index contributed by atoms with van der Waals surface area (Å²) in [4.78, 5) is 23.1. The number of carboxylic acid groups (broad SMARTS) is 1. The minimum Gasteiger partial charge on any atom is -0.481 e. The minimum absolute atomic E-state index is 0.0995. The summed E-state index contributed by atoms with van der Waals surface area (Å²) >= 11 is 9.24. The molecule has 1 amide bonds. The lowest BCUT2D eigenvalue weighted by molar-refractivity contribution is -0.139. The summed E-state index contributed by atoms with van der Waals surface area (Å²) < 4.78 is 5.72. The highest BCUT2D eigenvalue weighted by atomic mass is 79.9. The smallest absolute Gasteiger partial charge is 0.341 e. The SMILES string of the molecule is N=C(NC(=O)c1cc(Br)ccc1OCC(=O)O)c1ccccc1Cl. The summed E-state index contributed by atoms with van der Waals surface area (Å²) in [5, 5.41) is 19.4. The largest absolute Gasteiger partial charge is 0.481 e. The van der Waals surface area contributed by atoms with Crippen molar-refractivity contribution in [3.05, 3.63) is 63.1 Å². The number of ether oxygens (including phenoxy) is 1. The van der Waals surface area contributed by atoms with Crippen LogP contribution in [0.4, 0.5) is 0 Å². The first-order valence-corrected chi connectivity index (χ1v) is 7.84. The Balaban J connectivity index is 2.22. The molecule has 0 spiro atoms. The fourth-order valence-corrected chi connectivity index (χ4v) is 2.45. The van der Waals surface area contributed by atoms with Crippen molar-refractivity contribution in [3.63, 3.8) is 0 Å². The summed E-state index contributed by atoms with van der Waals surface area (Å²) in [6, 6.07) is 11.2. The molecule has 0 bridgehead atoms. The summed E-state index contributed by atoms with van der Waals surface area (Å²) in [5.74, 6) is -1.84. The van der Waals surface area contributed by atoms with E-state index in [1.165, 1.54) is 12.1 Å². The van der Waals surface area contributed by atoms with Crippen molar-refractivity contribution in [1.29, 1.82) is 5.41 Å². The van der Waals surface area contributed by atoms with Crippen LogP contribution in [0.3, 0.4) is 0 Å². The van der Waals surface area contributed by atoms with Gasteiger partial charge in [-0.05, 0) is 30.3 Å². The van der Waals surface area contributed by atoms with E-state index in [9.17, 15) is 9.59 Å². The molecule has 124 valence electrons.